The van der Waals surface area contributed by atoms with Crippen LogP contribution in [0.4, 0.5) is 0 Å². The van der Waals surface area contributed by atoms with Gasteiger partial charge in [-0.05, 0) is 57.7 Å². The largest absolute Gasteiger partial charge is 0.396 e. The van der Waals surface area contributed by atoms with E-state index in [9.17, 15) is 0 Å². The van der Waals surface area contributed by atoms with Gasteiger partial charge in [-0.2, -0.15) is 0 Å². The molecule has 0 saturated carbocycles. The van der Waals surface area contributed by atoms with Crippen molar-refractivity contribution < 1.29 is 5.11 Å². The summed E-state index contributed by atoms with van der Waals surface area (Å²) in [4.78, 5) is 2.62. The number of rotatable bonds is 4. The maximum atomic E-state index is 9.01. The van der Waals surface area contributed by atoms with Crippen molar-refractivity contribution in [1.82, 2.24) is 10.2 Å². The van der Waals surface area contributed by atoms with Crippen LogP contribution in [-0.4, -0.2) is 48.8 Å². The Morgan fingerprint density at radius 3 is 2.73 bits per heavy atom. The lowest BCUT2D eigenvalue weighted by atomic mass is 9.97. The highest BCUT2D eigenvalue weighted by Gasteiger charge is 2.26. The zero-order valence-electron chi connectivity index (χ0n) is 9.62. The van der Waals surface area contributed by atoms with Crippen LogP contribution in [0.5, 0.6) is 0 Å². The minimum atomic E-state index is 0.355. The van der Waals surface area contributed by atoms with Crippen LogP contribution in [0.3, 0.4) is 0 Å². The van der Waals surface area contributed by atoms with Crippen molar-refractivity contribution in [3.8, 4) is 0 Å². The molecule has 1 unspecified atom stereocenters. The number of hydrogen-bond acceptors (Lipinski definition) is 3. The smallest absolute Gasteiger partial charge is 0.0445 e. The van der Waals surface area contributed by atoms with Gasteiger partial charge in [0.1, 0.15) is 0 Å². The molecule has 2 saturated heterocycles. The summed E-state index contributed by atoms with van der Waals surface area (Å²) in [7, 11) is 0. The molecule has 0 radical (unpaired) electrons. The average molecular weight is 212 g/mol. The van der Waals surface area contributed by atoms with Gasteiger partial charge in [0.05, 0.1) is 0 Å². The van der Waals surface area contributed by atoms with Gasteiger partial charge < -0.3 is 15.3 Å². The Morgan fingerprint density at radius 2 is 2.00 bits per heavy atom. The van der Waals surface area contributed by atoms with E-state index in [4.69, 9.17) is 5.11 Å². The summed E-state index contributed by atoms with van der Waals surface area (Å²) in [6, 6.07) is 0.671. The lowest BCUT2D eigenvalue weighted by Crippen LogP contribution is -2.38. The molecule has 2 rings (SSSR count). The third-order valence-electron chi connectivity index (χ3n) is 3.91. The van der Waals surface area contributed by atoms with E-state index in [1.165, 1.54) is 51.9 Å². The Balaban J connectivity index is 1.76. The molecule has 0 aliphatic carbocycles. The van der Waals surface area contributed by atoms with Gasteiger partial charge in [-0.15, -0.1) is 0 Å². The number of nitrogens with one attached hydrogen (secondary N) is 1. The molecule has 0 aromatic rings. The first kappa shape index (κ1) is 11.4. The van der Waals surface area contributed by atoms with Gasteiger partial charge in [0.25, 0.3) is 0 Å². The van der Waals surface area contributed by atoms with Gasteiger partial charge >= 0.3 is 0 Å². The van der Waals surface area contributed by atoms with Gasteiger partial charge in [0.2, 0.25) is 0 Å². The third kappa shape index (κ3) is 3.16. The van der Waals surface area contributed by atoms with E-state index in [1.807, 2.05) is 0 Å². The standard InChI is InChI=1S/C12H24N2O/c15-9-5-12-2-1-8-14(12)10-11-3-6-13-7-4-11/h11-13,15H,1-10H2. The molecule has 1 atom stereocenters. The Morgan fingerprint density at radius 1 is 1.20 bits per heavy atom. The van der Waals surface area contributed by atoms with Crippen molar-refractivity contribution >= 4 is 0 Å². The quantitative estimate of drug-likeness (QED) is 0.724. The van der Waals surface area contributed by atoms with Crippen molar-refractivity contribution in [3.63, 3.8) is 0 Å². The van der Waals surface area contributed by atoms with Gasteiger partial charge in [-0.25, -0.2) is 0 Å². The predicted octanol–water partition coefficient (Wildman–Crippen LogP) is 0.833. The summed E-state index contributed by atoms with van der Waals surface area (Å²) in [5, 5.41) is 12.4. The van der Waals surface area contributed by atoms with Crippen LogP contribution in [0.1, 0.15) is 32.1 Å². The molecule has 0 aromatic carbocycles. The second-order valence-electron chi connectivity index (χ2n) is 5.00. The molecule has 2 aliphatic rings. The fourth-order valence-electron chi connectivity index (χ4n) is 3.01. The summed E-state index contributed by atoms with van der Waals surface area (Å²) in [5.74, 6) is 0.894. The fourth-order valence-corrected chi connectivity index (χ4v) is 3.01. The van der Waals surface area contributed by atoms with Gasteiger partial charge in [0, 0.05) is 19.2 Å². The normalized spacial score (nSPS) is 29.8. The highest BCUT2D eigenvalue weighted by Crippen LogP contribution is 2.23. The Bertz CT molecular complexity index is 180. The SMILES string of the molecule is OCCC1CCCN1CC1CCNCC1. The average Bonchev–Trinajstić information content (AvgIpc) is 2.68. The van der Waals surface area contributed by atoms with Crippen LogP contribution in [0.25, 0.3) is 0 Å². The number of piperidine rings is 1. The van der Waals surface area contributed by atoms with Crippen molar-refractivity contribution in [3.05, 3.63) is 0 Å². The van der Waals surface area contributed by atoms with Crippen LogP contribution in [0.2, 0.25) is 0 Å². The summed E-state index contributed by atoms with van der Waals surface area (Å²) in [5.41, 5.74) is 0. The van der Waals surface area contributed by atoms with Crippen LogP contribution in [-0.2, 0) is 0 Å². The molecule has 2 fully saturated rings. The third-order valence-corrected chi connectivity index (χ3v) is 3.91. The van der Waals surface area contributed by atoms with Gasteiger partial charge in [-0.1, -0.05) is 0 Å². The minimum Gasteiger partial charge on any atom is -0.396 e. The van der Waals surface area contributed by atoms with E-state index >= 15 is 0 Å². The predicted molar refractivity (Wildman–Crippen MR) is 61.9 cm³/mol. The molecular weight excluding hydrogens is 188 g/mol. The van der Waals surface area contributed by atoms with Crippen LogP contribution < -0.4 is 5.32 Å². The van der Waals surface area contributed by atoms with E-state index < -0.39 is 0 Å². The molecule has 2 aliphatic heterocycles. The minimum absolute atomic E-state index is 0.355. The monoisotopic (exact) mass is 212 g/mol. The van der Waals surface area contributed by atoms with Crippen molar-refractivity contribution in [2.24, 2.45) is 5.92 Å². The molecule has 2 N–H and O–H groups in total. The Hall–Kier alpha value is -0.120. The number of hydrogen-bond donors (Lipinski definition) is 2. The van der Waals surface area contributed by atoms with Gasteiger partial charge in [-0.3, -0.25) is 0 Å². The van der Waals surface area contributed by atoms with E-state index in [2.05, 4.69) is 10.2 Å². The number of aliphatic hydroxyl groups excluding tert-OH is 1. The fraction of sp³-hybridized carbons (Fsp3) is 1.00. The van der Waals surface area contributed by atoms with Crippen molar-refractivity contribution in [2.75, 3.05) is 32.8 Å². The lowest BCUT2D eigenvalue weighted by molar-refractivity contribution is 0.162. The van der Waals surface area contributed by atoms with Crippen LogP contribution in [0, 0.1) is 5.92 Å². The zero-order valence-corrected chi connectivity index (χ0v) is 9.62. The summed E-state index contributed by atoms with van der Waals surface area (Å²) in [6.07, 6.45) is 6.27. The molecule has 3 heteroatoms. The lowest BCUT2D eigenvalue weighted by Gasteiger charge is -2.31. The van der Waals surface area contributed by atoms with Crippen molar-refractivity contribution in [2.45, 2.75) is 38.1 Å². The number of nitrogens with zero attached hydrogens (tertiary/aromatic N) is 1. The van der Waals surface area contributed by atoms with Crippen LogP contribution in [0.15, 0.2) is 0 Å². The zero-order chi connectivity index (χ0) is 10.5. The van der Waals surface area contributed by atoms with Crippen LogP contribution >= 0.6 is 0 Å². The molecule has 15 heavy (non-hydrogen) atoms. The second kappa shape index (κ2) is 5.83. The highest BCUT2D eigenvalue weighted by atomic mass is 16.3. The molecule has 2 heterocycles. The first-order chi connectivity index (χ1) is 7.40. The molecule has 3 nitrogen and oxygen atoms in total. The summed E-state index contributed by atoms with van der Waals surface area (Å²) in [6.45, 7) is 5.28. The molecule has 0 bridgehead atoms. The Labute approximate surface area is 92.8 Å². The molecule has 0 spiro atoms. The van der Waals surface area contributed by atoms with Gasteiger partial charge in [0.15, 0.2) is 0 Å². The topological polar surface area (TPSA) is 35.5 Å². The summed E-state index contributed by atoms with van der Waals surface area (Å²) < 4.78 is 0. The van der Waals surface area contributed by atoms with Crippen molar-refractivity contribution in [1.29, 1.82) is 0 Å². The number of aliphatic hydroxyl groups is 1. The number of likely N-dealkylation sites (tertiary alicyclic amines) is 1. The molecular formula is C12H24N2O. The highest BCUT2D eigenvalue weighted by molar-refractivity contribution is 4.82. The molecule has 0 aromatic heterocycles. The van der Waals surface area contributed by atoms with E-state index in [-0.39, 0.29) is 0 Å². The summed E-state index contributed by atoms with van der Waals surface area (Å²) >= 11 is 0. The van der Waals surface area contributed by atoms with E-state index in [0.29, 0.717) is 12.6 Å². The first-order valence-corrected chi connectivity index (χ1v) is 6.46. The first-order valence-electron chi connectivity index (χ1n) is 6.46. The molecule has 0 amide bonds. The second-order valence-corrected chi connectivity index (χ2v) is 5.00. The Kier molecular flexibility index (Phi) is 4.42. The maximum absolute atomic E-state index is 9.01. The van der Waals surface area contributed by atoms with E-state index in [1.54, 1.807) is 0 Å². The maximum Gasteiger partial charge on any atom is 0.0445 e. The van der Waals surface area contributed by atoms with E-state index in [0.717, 1.165) is 12.3 Å². The molecule has 88 valence electrons.